The fourth-order valence-electron chi connectivity index (χ4n) is 2.79. The van der Waals surface area contributed by atoms with Gasteiger partial charge in [0.2, 0.25) is 5.91 Å². The van der Waals surface area contributed by atoms with Crippen molar-refractivity contribution in [2.75, 3.05) is 25.1 Å². The monoisotopic (exact) mass is 326 g/mol. The molecule has 1 heterocycles. The van der Waals surface area contributed by atoms with Gasteiger partial charge in [0.25, 0.3) is 0 Å². The summed E-state index contributed by atoms with van der Waals surface area (Å²) in [7, 11) is 0. The molecule has 0 bridgehead atoms. The van der Waals surface area contributed by atoms with E-state index in [0.717, 1.165) is 11.3 Å². The van der Waals surface area contributed by atoms with Gasteiger partial charge in [0, 0.05) is 25.4 Å². The Morgan fingerprint density at radius 1 is 1.27 bits per heavy atom. The smallest absolute Gasteiger partial charge is 0.232 e. The van der Waals surface area contributed by atoms with Gasteiger partial charge in [0.05, 0.1) is 5.41 Å². The van der Waals surface area contributed by atoms with Crippen LogP contribution in [0.1, 0.15) is 39.2 Å². The summed E-state index contributed by atoms with van der Waals surface area (Å²) in [4.78, 5) is 12.8. The van der Waals surface area contributed by atoms with E-state index in [1.165, 1.54) is 0 Å². The Labute approximate surface area is 139 Å². The maximum atomic E-state index is 12.8. The number of rotatable bonds is 3. The fraction of sp³-hybridized carbons (Fsp3) is 0.588. The van der Waals surface area contributed by atoms with Gasteiger partial charge in [0.1, 0.15) is 0 Å². The number of para-hydroxylation sites is 1. The van der Waals surface area contributed by atoms with Gasteiger partial charge in [-0.1, -0.05) is 39.0 Å². The number of hydrogen-bond donors (Lipinski definition) is 2. The number of nitrogens with two attached hydrogens (primary N) is 1. The van der Waals surface area contributed by atoms with E-state index in [9.17, 15) is 4.79 Å². The maximum Gasteiger partial charge on any atom is 0.232 e. The van der Waals surface area contributed by atoms with Gasteiger partial charge in [-0.05, 0) is 29.9 Å². The average molecular weight is 327 g/mol. The Balaban J connectivity index is 0.00000242. The molecule has 1 aromatic rings. The van der Waals surface area contributed by atoms with Crippen LogP contribution < -0.4 is 11.1 Å². The molecule has 1 amide bonds. The summed E-state index contributed by atoms with van der Waals surface area (Å²) < 4.78 is 5.37. The normalized spacial score (nSPS) is 17.5. The molecule has 0 aromatic heterocycles. The Bertz CT molecular complexity index is 506. The zero-order chi connectivity index (χ0) is 15.5. The van der Waals surface area contributed by atoms with Crippen LogP contribution in [0.2, 0.25) is 0 Å². The second kappa shape index (κ2) is 7.44. The molecule has 22 heavy (non-hydrogen) atoms. The molecule has 0 saturated carbocycles. The third-order valence-electron chi connectivity index (χ3n) is 4.31. The highest BCUT2D eigenvalue weighted by Crippen LogP contribution is 2.34. The van der Waals surface area contributed by atoms with E-state index in [1.807, 2.05) is 18.2 Å². The van der Waals surface area contributed by atoms with Crippen molar-refractivity contribution in [3.05, 3.63) is 29.8 Å². The summed E-state index contributed by atoms with van der Waals surface area (Å²) in [6.07, 6.45) is 1.38. The van der Waals surface area contributed by atoms with Crippen LogP contribution in [0.4, 0.5) is 5.69 Å². The zero-order valence-corrected chi connectivity index (χ0v) is 14.5. The van der Waals surface area contributed by atoms with E-state index in [0.29, 0.717) is 32.6 Å². The van der Waals surface area contributed by atoms with Gasteiger partial charge in [0.15, 0.2) is 0 Å². The number of ether oxygens (including phenoxy) is 1. The molecule has 0 spiro atoms. The molecule has 0 atom stereocenters. The molecule has 5 heteroatoms. The van der Waals surface area contributed by atoms with Gasteiger partial charge in [-0.25, -0.2) is 0 Å². The number of carbonyl (C=O) groups excluding carboxylic acids is 1. The number of nitrogens with one attached hydrogen (secondary N) is 1. The van der Waals surface area contributed by atoms with E-state index in [2.05, 4.69) is 32.2 Å². The molecular weight excluding hydrogens is 300 g/mol. The summed E-state index contributed by atoms with van der Waals surface area (Å²) in [5, 5.41) is 3.10. The van der Waals surface area contributed by atoms with Crippen LogP contribution in [0, 0.1) is 5.41 Å². The largest absolute Gasteiger partial charge is 0.381 e. The Kier molecular flexibility index (Phi) is 6.41. The van der Waals surface area contributed by atoms with Crippen LogP contribution >= 0.6 is 12.4 Å². The van der Waals surface area contributed by atoms with Crippen molar-refractivity contribution in [2.45, 2.75) is 39.0 Å². The molecule has 4 nitrogen and oxygen atoms in total. The third kappa shape index (κ3) is 4.00. The summed E-state index contributed by atoms with van der Waals surface area (Å²) in [5.74, 6) is 0.0185. The van der Waals surface area contributed by atoms with E-state index in [-0.39, 0.29) is 23.7 Å². The lowest BCUT2D eigenvalue weighted by atomic mass is 9.79. The van der Waals surface area contributed by atoms with Gasteiger partial charge in [-0.3, -0.25) is 4.79 Å². The lowest BCUT2D eigenvalue weighted by Gasteiger charge is -2.35. The summed E-state index contributed by atoms with van der Waals surface area (Å²) >= 11 is 0. The Morgan fingerprint density at radius 2 is 1.86 bits per heavy atom. The first kappa shape index (κ1) is 18.9. The number of halogens is 1. The molecule has 1 aliphatic rings. The minimum absolute atomic E-state index is 0. The van der Waals surface area contributed by atoms with Crippen LogP contribution in [0.3, 0.4) is 0 Å². The SMILES string of the molecule is CC(C)(C)c1ccccc1NC(=O)C1(CN)CCOCC1.Cl. The topological polar surface area (TPSA) is 64.4 Å². The Morgan fingerprint density at radius 3 is 2.41 bits per heavy atom. The fourth-order valence-corrected chi connectivity index (χ4v) is 2.79. The van der Waals surface area contributed by atoms with Crippen LogP contribution in [0.15, 0.2) is 24.3 Å². The minimum atomic E-state index is -0.497. The Hall–Kier alpha value is -1.10. The molecule has 1 fully saturated rings. The zero-order valence-electron chi connectivity index (χ0n) is 13.6. The van der Waals surface area contributed by atoms with Crippen molar-refractivity contribution in [1.29, 1.82) is 0 Å². The quantitative estimate of drug-likeness (QED) is 0.897. The van der Waals surface area contributed by atoms with E-state index < -0.39 is 5.41 Å². The molecule has 1 saturated heterocycles. The first-order valence-corrected chi connectivity index (χ1v) is 7.58. The second-order valence-corrected chi connectivity index (χ2v) is 6.85. The standard InChI is InChI=1S/C17H26N2O2.ClH/c1-16(2,3)13-6-4-5-7-14(13)19-15(20)17(12-18)8-10-21-11-9-17;/h4-7H,8-12,18H2,1-3H3,(H,19,20);1H. The van der Waals surface area contributed by atoms with E-state index in [4.69, 9.17) is 10.5 Å². The number of anilines is 1. The summed E-state index contributed by atoms with van der Waals surface area (Å²) in [6, 6.07) is 7.98. The molecule has 1 aliphatic heterocycles. The van der Waals surface area contributed by atoms with E-state index >= 15 is 0 Å². The first-order chi connectivity index (χ1) is 9.89. The molecule has 3 N–H and O–H groups in total. The third-order valence-corrected chi connectivity index (χ3v) is 4.31. The molecule has 0 aliphatic carbocycles. The van der Waals surface area contributed by atoms with Crippen LogP contribution in [0.5, 0.6) is 0 Å². The maximum absolute atomic E-state index is 12.8. The predicted octanol–water partition coefficient (Wildman–Crippen LogP) is 3.10. The highest BCUT2D eigenvalue weighted by Gasteiger charge is 2.39. The average Bonchev–Trinajstić information content (AvgIpc) is 2.47. The second-order valence-electron chi connectivity index (χ2n) is 6.85. The van der Waals surface area contributed by atoms with Crippen molar-refractivity contribution >= 4 is 24.0 Å². The molecule has 124 valence electrons. The van der Waals surface area contributed by atoms with Crippen LogP contribution in [-0.2, 0) is 14.9 Å². The highest BCUT2D eigenvalue weighted by atomic mass is 35.5. The van der Waals surface area contributed by atoms with Crippen molar-refractivity contribution < 1.29 is 9.53 Å². The first-order valence-electron chi connectivity index (χ1n) is 7.58. The lowest BCUT2D eigenvalue weighted by molar-refractivity contribution is -0.130. The van der Waals surface area contributed by atoms with Crippen molar-refractivity contribution in [3.8, 4) is 0 Å². The molecule has 2 rings (SSSR count). The lowest BCUT2D eigenvalue weighted by Crippen LogP contribution is -2.46. The highest BCUT2D eigenvalue weighted by molar-refractivity contribution is 5.96. The van der Waals surface area contributed by atoms with E-state index in [1.54, 1.807) is 0 Å². The summed E-state index contributed by atoms with van der Waals surface area (Å²) in [6.45, 7) is 8.00. The predicted molar refractivity (Wildman–Crippen MR) is 92.6 cm³/mol. The molecule has 0 unspecified atom stereocenters. The number of carbonyl (C=O) groups is 1. The van der Waals surface area contributed by atoms with Crippen LogP contribution in [0.25, 0.3) is 0 Å². The molecular formula is C17H27ClN2O2. The van der Waals surface area contributed by atoms with Gasteiger partial charge < -0.3 is 15.8 Å². The molecule has 1 aromatic carbocycles. The molecule has 0 radical (unpaired) electrons. The van der Waals surface area contributed by atoms with Gasteiger partial charge in [-0.15, -0.1) is 12.4 Å². The van der Waals surface area contributed by atoms with Gasteiger partial charge >= 0.3 is 0 Å². The van der Waals surface area contributed by atoms with Crippen molar-refractivity contribution in [2.24, 2.45) is 11.1 Å². The van der Waals surface area contributed by atoms with Crippen molar-refractivity contribution in [3.63, 3.8) is 0 Å². The number of amides is 1. The van der Waals surface area contributed by atoms with Gasteiger partial charge in [-0.2, -0.15) is 0 Å². The number of benzene rings is 1. The van der Waals surface area contributed by atoms with Crippen molar-refractivity contribution in [1.82, 2.24) is 0 Å². The van der Waals surface area contributed by atoms with Crippen LogP contribution in [-0.4, -0.2) is 25.7 Å². The number of hydrogen-bond acceptors (Lipinski definition) is 3. The minimum Gasteiger partial charge on any atom is -0.381 e. The summed E-state index contributed by atoms with van der Waals surface area (Å²) in [5.41, 5.74) is 7.41.